The van der Waals surface area contributed by atoms with Gasteiger partial charge in [0.25, 0.3) is 0 Å². The van der Waals surface area contributed by atoms with Gasteiger partial charge in [-0.05, 0) is 164 Å². The van der Waals surface area contributed by atoms with Crippen molar-refractivity contribution in [3.8, 4) is 0 Å². The normalized spacial score (nSPS) is 22.8. The Hall–Kier alpha value is -3.10. The van der Waals surface area contributed by atoms with Crippen LogP contribution in [0.1, 0.15) is 198 Å². The van der Waals surface area contributed by atoms with Crippen LogP contribution >= 0.6 is 0 Å². The van der Waals surface area contributed by atoms with E-state index >= 15 is 0 Å². The number of carboxylic acids is 2. The SMILES string of the molecule is CCC1=C(OC(CO)CCCC(C)CC/C=C(\C)CCCC(C)C(=O)O)C(CCCC2=C(O/C=C/CCC(C)CCCC(C)(O)CCCC(C)C(=O)O)C(C)C(C)C=C2)C(C)C=C1. The Morgan fingerprint density at radius 3 is 1.98 bits per heavy atom. The first-order chi connectivity index (χ1) is 29.9. The molecular weight excluding hydrogens is 789 g/mol. The fourth-order valence-electron chi connectivity index (χ4n) is 9.08. The van der Waals surface area contributed by atoms with Crippen molar-refractivity contribution < 1.29 is 39.5 Å². The van der Waals surface area contributed by atoms with E-state index in [9.17, 15) is 19.8 Å². The average Bonchev–Trinajstić information content (AvgIpc) is 3.22. The molecule has 0 radical (unpaired) electrons. The van der Waals surface area contributed by atoms with Gasteiger partial charge in [-0.3, -0.25) is 9.59 Å². The molecule has 0 aromatic carbocycles. The third-order valence-electron chi connectivity index (χ3n) is 14.2. The van der Waals surface area contributed by atoms with Crippen molar-refractivity contribution >= 4 is 11.9 Å². The summed E-state index contributed by atoms with van der Waals surface area (Å²) < 4.78 is 13.2. The van der Waals surface area contributed by atoms with Gasteiger partial charge in [0.2, 0.25) is 0 Å². The first-order valence-corrected chi connectivity index (χ1v) is 25.1. The molecule has 0 fully saturated rings. The molecule has 2 rings (SSSR count). The number of hydrogen-bond acceptors (Lipinski definition) is 6. The minimum absolute atomic E-state index is 0.0184. The Kier molecular flexibility index (Phi) is 26.8. The van der Waals surface area contributed by atoms with Crippen LogP contribution < -0.4 is 0 Å². The van der Waals surface area contributed by atoms with E-state index in [-0.39, 0.29) is 30.5 Å². The molecule has 8 nitrogen and oxygen atoms in total. The van der Waals surface area contributed by atoms with Gasteiger partial charge in [0.15, 0.2) is 0 Å². The van der Waals surface area contributed by atoms with Crippen LogP contribution in [-0.2, 0) is 19.1 Å². The summed E-state index contributed by atoms with van der Waals surface area (Å²) in [5.74, 6) is 2.51. The standard InChI is InChI=1S/C55H92O8/c1-11-47-33-32-43(6)50(52(47)63-49(38-56)29-16-24-41(4)22-14-21-40(3)23-15-26-44(7)53(57)58)30-17-28-48-34-31-42(5)46(9)51(48)62-37-13-12-20-39(2)25-18-35-55(10,61)36-19-27-45(8)54(59)60/h13,21,31-34,37,39,41-46,49-50,56,61H,11-12,14-20,22-30,35-36,38H2,1-10H3,(H,57,58)(H,59,60)/b37-13+,40-21+. The third-order valence-corrected chi connectivity index (χ3v) is 14.2. The van der Waals surface area contributed by atoms with Gasteiger partial charge in [-0.2, -0.15) is 0 Å². The maximum absolute atomic E-state index is 11.1. The molecule has 0 spiro atoms. The van der Waals surface area contributed by atoms with Crippen molar-refractivity contribution in [2.24, 2.45) is 47.3 Å². The highest BCUT2D eigenvalue weighted by atomic mass is 16.5. The predicted molar refractivity (Wildman–Crippen MR) is 260 cm³/mol. The molecule has 0 aromatic rings. The lowest BCUT2D eigenvalue weighted by molar-refractivity contribution is -0.142. The molecule has 0 aromatic heterocycles. The number of carbonyl (C=O) groups is 2. The molecule has 10 unspecified atom stereocenters. The topological polar surface area (TPSA) is 134 Å². The monoisotopic (exact) mass is 881 g/mol. The molecule has 0 saturated heterocycles. The highest BCUT2D eigenvalue weighted by Gasteiger charge is 2.30. The van der Waals surface area contributed by atoms with Crippen LogP contribution in [0.5, 0.6) is 0 Å². The van der Waals surface area contributed by atoms with Gasteiger partial charge < -0.3 is 29.9 Å². The van der Waals surface area contributed by atoms with Gasteiger partial charge in [0.05, 0.1) is 30.3 Å². The quantitative estimate of drug-likeness (QED) is 0.0371. The summed E-state index contributed by atoms with van der Waals surface area (Å²) in [6.07, 6.45) is 33.7. The van der Waals surface area contributed by atoms with Crippen molar-refractivity contribution in [2.75, 3.05) is 6.61 Å². The van der Waals surface area contributed by atoms with Gasteiger partial charge in [-0.15, -0.1) is 0 Å². The van der Waals surface area contributed by atoms with Crippen molar-refractivity contribution in [1.82, 2.24) is 0 Å². The van der Waals surface area contributed by atoms with E-state index in [4.69, 9.17) is 19.7 Å². The summed E-state index contributed by atoms with van der Waals surface area (Å²) in [7, 11) is 0. The zero-order chi connectivity index (χ0) is 47.0. The fourth-order valence-corrected chi connectivity index (χ4v) is 9.08. The van der Waals surface area contributed by atoms with E-state index in [0.29, 0.717) is 42.4 Å². The zero-order valence-electron chi connectivity index (χ0n) is 41.5. The molecule has 2 aliphatic rings. The second-order valence-corrected chi connectivity index (χ2v) is 20.3. The molecule has 360 valence electrons. The molecule has 0 amide bonds. The molecule has 4 N–H and O–H groups in total. The van der Waals surface area contributed by atoms with Crippen LogP contribution in [0.15, 0.2) is 71.0 Å². The van der Waals surface area contributed by atoms with Crippen molar-refractivity contribution in [2.45, 2.75) is 209 Å². The first kappa shape index (κ1) is 56.0. The van der Waals surface area contributed by atoms with Crippen LogP contribution in [0.25, 0.3) is 0 Å². The Morgan fingerprint density at radius 2 is 1.35 bits per heavy atom. The van der Waals surface area contributed by atoms with E-state index in [1.54, 1.807) is 13.8 Å². The van der Waals surface area contributed by atoms with Crippen LogP contribution in [-0.4, -0.2) is 50.7 Å². The number of rotatable bonds is 34. The zero-order valence-corrected chi connectivity index (χ0v) is 41.5. The lowest BCUT2D eigenvalue weighted by atomic mass is 9.80. The number of aliphatic hydroxyl groups excluding tert-OH is 1. The number of hydrogen-bond donors (Lipinski definition) is 4. The van der Waals surface area contributed by atoms with Crippen LogP contribution in [0, 0.1) is 47.3 Å². The largest absolute Gasteiger partial charge is 0.492 e. The Morgan fingerprint density at radius 1 is 0.762 bits per heavy atom. The Balaban J connectivity index is 1.88. The maximum atomic E-state index is 11.1. The van der Waals surface area contributed by atoms with Gasteiger partial charge in [0, 0.05) is 11.8 Å². The summed E-state index contributed by atoms with van der Waals surface area (Å²) >= 11 is 0. The predicted octanol–water partition coefficient (Wildman–Crippen LogP) is 14.3. The van der Waals surface area contributed by atoms with Gasteiger partial charge in [-0.25, -0.2) is 0 Å². The average molecular weight is 881 g/mol. The summed E-state index contributed by atoms with van der Waals surface area (Å²) in [6, 6.07) is 0. The van der Waals surface area contributed by atoms with Gasteiger partial charge in [0.1, 0.15) is 17.6 Å². The molecule has 0 saturated carbocycles. The molecule has 0 heterocycles. The number of aliphatic carboxylic acids is 2. The lowest BCUT2D eigenvalue weighted by Crippen LogP contribution is -2.26. The molecule has 0 bridgehead atoms. The number of ether oxygens (including phenoxy) is 2. The minimum Gasteiger partial charge on any atom is -0.492 e. The summed E-state index contributed by atoms with van der Waals surface area (Å²) in [6.45, 7) is 21.2. The maximum Gasteiger partial charge on any atom is 0.306 e. The lowest BCUT2D eigenvalue weighted by Gasteiger charge is -2.33. The molecule has 0 aliphatic heterocycles. The smallest absolute Gasteiger partial charge is 0.306 e. The first-order valence-electron chi connectivity index (χ1n) is 25.1. The molecule has 8 heteroatoms. The van der Waals surface area contributed by atoms with Crippen molar-refractivity contribution in [1.29, 1.82) is 0 Å². The second kappa shape index (κ2) is 30.2. The molecule has 2 aliphatic carbocycles. The van der Waals surface area contributed by atoms with Crippen molar-refractivity contribution in [3.63, 3.8) is 0 Å². The second-order valence-electron chi connectivity index (χ2n) is 20.3. The van der Waals surface area contributed by atoms with E-state index < -0.39 is 17.5 Å². The minimum atomic E-state index is -0.768. The Labute approximate surface area is 384 Å². The summed E-state index contributed by atoms with van der Waals surface area (Å²) in [5.41, 5.74) is 3.14. The third kappa shape index (κ3) is 22.1. The van der Waals surface area contributed by atoms with Crippen LogP contribution in [0.3, 0.4) is 0 Å². The van der Waals surface area contributed by atoms with E-state index in [1.807, 2.05) is 13.2 Å². The fraction of sp³-hybridized carbons (Fsp3) is 0.745. The van der Waals surface area contributed by atoms with Crippen LogP contribution in [0.4, 0.5) is 0 Å². The molecule has 63 heavy (non-hydrogen) atoms. The van der Waals surface area contributed by atoms with E-state index in [2.05, 4.69) is 84.9 Å². The van der Waals surface area contributed by atoms with E-state index in [1.165, 1.54) is 16.7 Å². The number of aliphatic hydroxyl groups is 2. The Bertz CT molecular complexity index is 1530. The van der Waals surface area contributed by atoms with E-state index in [0.717, 1.165) is 127 Å². The highest BCUT2D eigenvalue weighted by molar-refractivity contribution is 5.69. The summed E-state index contributed by atoms with van der Waals surface area (Å²) in [5, 5.41) is 39.5. The van der Waals surface area contributed by atoms with Gasteiger partial charge >= 0.3 is 11.9 Å². The summed E-state index contributed by atoms with van der Waals surface area (Å²) in [4.78, 5) is 22.2. The molecule has 10 atom stereocenters. The number of carboxylic acid groups (broad SMARTS) is 2. The van der Waals surface area contributed by atoms with Gasteiger partial charge in [-0.1, -0.05) is 111 Å². The molecular formula is C55H92O8. The van der Waals surface area contributed by atoms with Crippen molar-refractivity contribution in [3.05, 3.63) is 71.0 Å². The number of allylic oxidation sites excluding steroid dienone is 11. The van der Waals surface area contributed by atoms with Crippen LogP contribution in [0.2, 0.25) is 0 Å². The highest BCUT2D eigenvalue weighted by Crippen LogP contribution is 2.39.